The largest absolute Gasteiger partial charge is 0.433 e. The molecule has 6 nitrogen and oxygen atoms in total. The third-order valence-corrected chi connectivity index (χ3v) is 5.69. The standard InChI is InChI=1S/C20H25F3N4O2/c1-12(2)14-10-17(20(21,22)23)27-18(24-14)11-15(25-27)16-6-3-7-26(16)19(28)9-13-5-4-8-29-13/h10-13,16H,3-9H2,1-2H3/t13-,16+/m0/s1. The van der Waals surface area contributed by atoms with Gasteiger partial charge in [-0.25, -0.2) is 9.50 Å². The van der Waals surface area contributed by atoms with Gasteiger partial charge >= 0.3 is 6.18 Å². The molecule has 2 saturated heterocycles. The molecule has 0 bridgehead atoms. The molecule has 2 aliphatic heterocycles. The molecule has 2 aliphatic rings. The van der Waals surface area contributed by atoms with Gasteiger partial charge < -0.3 is 9.64 Å². The maximum Gasteiger partial charge on any atom is 0.433 e. The number of fused-ring (bicyclic) bond motifs is 1. The molecular formula is C20H25F3N4O2. The fourth-order valence-electron chi connectivity index (χ4n) is 4.16. The number of hydrogen-bond donors (Lipinski definition) is 0. The van der Waals surface area contributed by atoms with Crippen molar-refractivity contribution in [1.82, 2.24) is 19.5 Å². The Labute approximate surface area is 167 Å². The third-order valence-electron chi connectivity index (χ3n) is 5.69. The van der Waals surface area contributed by atoms with Gasteiger partial charge in [-0.1, -0.05) is 13.8 Å². The normalized spacial score (nSPS) is 22.9. The Morgan fingerprint density at radius 1 is 1.28 bits per heavy atom. The van der Waals surface area contributed by atoms with Crippen molar-refractivity contribution in [3.8, 4) is 0 Å². The van der Waals surface area contributed by atoms with Crippen LogP contribution < -0.4 is 0 Å². The first-order valence-electron chi connectivity index (χ1n) is 10.1. The van der Waals surface area contributed by atoms with Crippen LogP contribution in [0.2, 0.25) is 0 Å². The van der Waals surface area contributed by atoms with Crippen LogP contribution in [-0.4, -0.2) is 44.7 Å². The van der Waals surface area contributed by atoms with Gasteiger partial charge in [-0.2, -0.15) is 18.3 Å². The van der Waals surface area contributed by atoms with Gasteiger partial charge in [0.1, 0.15) is 5.69 Å². The van der Waals surface area contributed by atoms with E-state index in [0.717, 1.165) is 29.8 Å². The summed E-state index contributed by atoms with van der Waals surface area (Å²) in [5.41, 5.74) is 0.153. The highest BCUT2D eigenvalue weighted by atomic mass is 19.4. The predicted molar refractivity (Wildman–Crippen MR) is 99.4 cm³/mol. The molecule has 2 fully saturated rings. The molecule has 29 heavy (non-hydrogen) atoms. The summed E-state index contributed by atoms with van der Waals surface area (Å²) >= 11 is 0. The van der Waals surface area contributed by atoms with Crippen LogP contribution in [0.25, 0.3) is 5.65 Å². The first-order chi connectivity index (χ1) is 13.7. The molecule has 9 heteroatoms. The van der Waals surface area contributed by atoms with E-state index >= 15 is 0 Å². The maximum absolute atomic E-state index is 13.6. The zero-order valence-electron chi connectivity index (χ0n) is 16.6. The lowest BCUT2D eigenvalue weighted by atomic mass is 10.1. The Kier molecular flexibility index (Phi) is 5.27. The van der Waals surface area contributed by atoms with E-state index in [4.69, 9.17) is 4.74 Å². The highest BCUT2D eigenvalue weighted by Crippen LogP contribution is 2.35. The van der Waals surface area contributed by atoms with E-state index in [-0.39, 0.29) is 29.6 Å². The number of alkyl halides is 3. The van der Waals surface area contributed by atoms with Gasteiger partial charge in [-0.15, -0.1) is 0 Å². The summed E-state index contributed by atoms with van der Waals surface area (Å²) in [4.78, 5) is 18.9. The molecule has 0 N–H and O–H groups in total. The SMILES string of the molecule is CC(C)c1cc(C(F)(F)F)n2nc([C@H]3CCCN3C(=O)C[C@@H]3CCCO3)cc2n1. The summed E-state index contributed by atoms with van der Waals surface area (Å²) in [7, 11) is 0. The molecule has 0 radical (unpaired) electrons. The van der Waals surface area contributed by atoms with Crippen LogP contribution in [0.15, 0.2) is 12.1 Å². The molecule has 2 aromatic rings. The number of halogens is 3. The maximum atomic E-state index is 13.6. The second kappa shape index (κ2) is 7.59. The number of amides is 1. The lowest BCUT2D eigenvalue weighted by Crippen LogP contribution is -2.33. The van der Waals surface area contributed by atoms with Crippen LogP contribution in [0.4, 0.5) is 13.2 Å². The van der Waals surface area contributed by atoms with E-state index in [0.29, 0.717) is 37.4 Å². The Hall–Kier alpha value is -2.16. The van der Waals surface area contributed by atoms with Crippen LogP contribution in [0.5, 0.6) is 0 Å². The molecule has 0 unspecified atom stereocenters. The lowest BCUT2D eigenvalue weighted by molar-refractivity contribution is -0.143. The van der Waals surface area contributed by atoms with Crippen LogP contribution >= 0.6 is 0 Å². The topological polar surface area (TPSA) is 59.7 Å². The average molecular weight is 410 g/mol. The highest BCUT2D eigenvalue weighted by Gasteiger charge is 2.37. The fraction of sp³-hybridized carbons (Fsp3) is 0.650. The summed E-state index contributed by atoms with van der Waals surface area (Å²) in [6.45, 7) is 4.87. The summed E-state index contributed by atoms with van der Waals surface area (Å²) < 4.78 is 47.3. The van der Waals surface area contributed by atoms with E-state index in [1.807, 2.05) is 0 Å². The summed E-state index contributed by atoms with van der Waals surface area (Å²) in [5.74, 6) is -0.168. The number of hydrogen-bond acceptors (Lipinski definition) is 4. The Bertz CT molecular complexity index is 903. The second-order valence-electron chi connectivity index (χ2n) is 8.14. The summed E-state index contributed by atoms with van der Waals surface area (Å²) in [5, 5.41) is 4.24. The first kappa shape index (κ1) is 20.1. The van der Waals surface area contributed by atoms with E-state index in [1.165, 1.54) is 0 Å². The second-order valence-corrected chi connectivity index (χ2v) is 8.14. The Morgan fingerprint density at radius 3 is 2.72 bits per heavy atom. The fourth-order valence-corrected chi connectivity index (χ4v) is 4.16. The minimum Gasteiger partial charge on any atom is -0.378 e. The van der Waals surface area contributed by atoms with Gasteiger partial charge in [0.05, 0.1) is 24.3 Å². The zero-order valence-corrected chi connectivity index (χ0v) is 16.6. The molecule has 2 atom stereocenters. The van der Waals surface area contributed by atoms with Crippen molar-refractivity contribution in [2.24, 2.45) is 0 Å². The lowest BCUT2D eigenvalue weighted by Gasteiger charge is -2.24. The van der Waals surface area contributed by atoms with Gasteiger partial charge in [0, 0.05) is 24.9 Å². The number of likely N-dealkylation sites (tertiary alicyclic amines) is 1. The Morgan fingerprint density at radius 2 is 2.07 bits per heavy atom. The smallest absolute Gasteiger partial charge is 0.378 e. The van der Waals surface area contributed by atoms with E-state index in [1.54, 1.807) is 24.8 Å². The van der Waals surface area contributed by atoms with Crippen LogP contribution in [0.3, 0.4) is 0 Å². The van der Waals surface area contributed by atoms with Gasteiger partial charge in [0.15, 0.2) is 5.65 Å². The minimum absolute atomic E-state index is 0.0247. The molecule has 0 aliphatic carbocycles. The van der Waals surface area contributed by atoms with Crippen molar-refractivity contribution < 1.29 is 22.7 Å². The van der Waals surface area contributed by atoms with Gasteiger partial charge in [-0.3, -0.25) is 4.79 Å². The minimum atomic E-state index is -4.54. The highest BCUT2D eigenvalue weighted by molar-refractivity contribution is 5.77. The molecule has 0 aromatic carbocycles. The van der Waals surface area contributed by atoms with Crippen molar-refractivity contribution in [3.63, 3.8) is 0 Å². The number of aromatic nitrogens is 3. The molecule has 1 amide bonds. The molecular weight excluding hydrogens is 385 g/mol. The van der Waals surface area contributed by atoms with Crippen molar-refractivity contribution in [2.45, 2.75) is 70.2 Å². The van der Waals surface area contributed by atoms with E-state index in [9.17, 15) is 18.0 Å². The number of carbonyl (C=O) groups is 1. The van der Waals surface area contributed by atoms with Crippen LogP contribution in [0.1, 0.15) is 75.0 Å². The molecule has 4 rings (SSSR count). The molecule has 0 saturated carbocycles. The summed E-state index contributed by atoms with van der Waals surface area (Å²) in [6.07, 6.45) is -0.983. The number of rotatable bonds is 4. The van der Waals surface area contributed by atoms with Crippen molar-refractivity contribution in [2.75, 3.05) is 13.2 Å². The monoisotopic (exact) mass is 410 g/mol. The Balaban J connectivity index is 1.67. The number of nitrogens with zero attached hydrogens (tertiary/aromatic N) is 4. The molecule has 158 valence electrons. The average Bonchev–Trinajstić information content (AvgIpc) is 3.38. The molecule has 4 heterocycles. The van der Waals surface area contributed by atoms with E-state index < -0.39 is 11.9 Å². The third kappa shape index (κ3) is 3.97. The van der Waals surface area contributed by atoms with Crippen molar-refractivity contribution in [3.05, 3.63) is 29.2 Å². The molecule has 0 spiro atoms. The molecule has 2 aromatic heterocycles. The van der Waals surface area contributed by atoms with E-state index in [2.05, 4.69) is 10.1 Å². The van der Waals surface area contributed by atoms with Gasteiger partial charge in [0.25, 0.3) is 0 Å². The van der Waals surface area contributed by atoms with Crippen LogP contribution in [0, 0.1) is 0 Å². The predicted octanol–water partition coefficient (Wildman–Crippen LogP) is 4.10. The number of carbonyl (C=O) groups excluding carboxylic acids is 1. The van der Waals surface area contributed by atoms with Gasteiger partial charge in [-0.05, 0) is 37.7 Å². The van der Waals surface area contributed by atoms with Crippen LogP contribution in [-0.2, 0) is 15.7 Å². The quantitative estimate of drug-likeness (QED) is 0.761. The number of ether oxygens (including phenoxy) is 1. The van der Waals surface area contributed by atoms with Crippen molar-refractivity contribution in [1.29, 1.82) is 0 Å². The summed E-state index contributed by atoms with van der Waals surface area (Å²) in [6, 6.07) is 2.32. The van der Waals surface area contributed by atoms with Crippen molar-refractivity contribution >= 4 is 11.6 Å². The zero-order chi connectivity index (χ0) is 20.8. The van der Waals surface area contributed by atoms with Gasteiger partial charge in [0.2, 0.25) is 5.91 Å². The first-order valence-corrected chi connectivity index (χ1v) is 10.1.